The molecule has 0 amide bonds. The van der Waals surface area contributed by atoms with Gasteiger partial charge in [-0.05, 0) is 39.4 Å². The summed E-state index contributed by atoms with van der Waals surface area (Å²) in [4.78, 5) is 12.7. The minimum Gasteiger partial charge on any atom is -0.481 e. The first-order chi connectivity index (χ1) is 10.2. The number of unbranched alkanes of at least 4 members (excludes halogenated alkanes) is 10. The highest BCUT2D eigenvalue weighted by atomic mass is 16.4. The van der Waals surface area contributed by atoms with E-state index in [0.29, 0.717) is 6.42 Å². The Morgan fingerprint density at radius 2 is 1.19 bits per heavy atom. The van der Waals surface area contributed by atoms with Crippen molar-refractivity contribution in [1.29, 1.82) is 0 Å². The van der Waals surface area contributed by atoms with Crippen molar-refractivity contribution in [2.75, 3.05) is 20.1 Å². The molecule has 0 rings (SSSR count). The maximum absolute atomic E-state index is 10.4. The predicted octanol–water partition coefficient (Wildman–Crippen LogP) is 5.09. The van der Waals surface area contributed by atoms with Crippen molar-refractivity contribution >= 4 is 5.97 Å². The maximum Gasteiger partial charge on any atom is 0.303 e. The van der Waals surface area contributed by atoms with Gasteiger partial charge in [0.2, 0.25) is 0 Å². The third-order valence-corrected chi connectivity index (χ3v) is 4.07. The first-order valence-corrected chi connectivity index (χ1v) is 9.07. The molecule has 0 aromatic heterocycles. The van der Waals surface area contributed by atoms with Crippen molar-refractivity contribution < 1.29 is 9.90 Å². The summed E-state index contributed by atoms with van der Waals surface area (Å²) in [5, 5.41) is 8.57. The molecule has 0 fully saturated rings. The van der Waals surface area contributed by atoms with Crippen LogP contribution >= 0.6 is 0 Å². The minimum absolute atomic E-state index is 0.312. The van der Waals surface area contributed by atoms with Gasteiger partial charge in [0.25, 0.3) is 0 Å². The van der Waals surface area contributed by atoms with Gasteiger partial charge in [0, 0.05) is 6.42 Å². The Hall–Kier alpha value is -0.570. The number of hydrogen-bond acceptors (Lipinski definition) is 2. The van der Waals surface area contributed by atoms with E-state index >= 15 is 0 Å². The smallest absolute Gasteiger partial charge is 0.303 e. The van der Waals surface area contributed by atoms with Crippen LogP contribution in [-0.4, -0.2) is 36.1 Å². The van der Waals surface area contributed by atoms with E-state index in [9.17, 15) is 4.79 Å². The second-order valence-electron chi connectivity index (χ2n) is 6.34. The molecule has 0 aliphatic rings. The number of aliphatic carboxylic acids is 1. The van der Waals surface area contributed by atoms with E-state index in [-0.39, 0.29) is 0 Å². The molecule has 0 saturated carbocycles. The molecule has 0 heterocycles. The van der Waals surface area contributed by atoms with Crippen molar-refractivity contribution in [3.63, 3.8) is 0 Å². The van der Waals surface area contributed by atoms with Crippen LogP contribution < -0.4 is 0 Å². The zero-order chi connectivity index (χ0) is 15.8. The monoisotopic (exact) mass is 299 g/mol. The molecule has 3 nitrogen and oxygen atoms in total. The molecule has 0 bridgehead atoms. The van der Waals surface area contributed by atoms with Crippen LogP contribution in [0.15, 0.2) is 0 Å². The number of carboxylic acid groups (broad SMARTS) is 1. The summed E-state index contributed by atoms with van der Waals surface area (Å²) < 4.78 is 0. The molecule has 0 unspecified atom stereocenters. The van der Waals surface area contributed by atoms with Crippen molar-refractivity contribution in [3.05, 3.63) is 0 Å². The van der Waals surface area contributed by atoms with E-state index in [4.69, 9.17) is 5.11 Å². The number of carboxylic acids is 1. The average molecular weight is 299 g/mol. The summed E-state index contributed by atoms with van der Waals surface area (Å²) >= 11 is 0. The van der Waals surface area contributed by atoms with Crippen LogP contribution in [0.1, 0.15) is 90.4 Å². The van der Waals surface area contributed by atoms with Gasteiger partial charge in [-0.25, -0.2) is 0 Å². The molecule has 0 atom stereocenters. The topological polar surface area (TPSA) is 40.5 Å². The molecule has 0 aromatic carbocycles. The number of hydrogen-bond donors (Lipinski definition) is 1. The van der Waals surface area contributed by atoms with Gasteiger partial charge < -0.3 is 10.0 Å². The Balaban J connectivity index is 3.14. The quantitative estimate of drug-likeness (QED) is 0.403. The molecule has 3 heteroatoms. The van der Waals surface area contributed by atoms with Gasteiger partial charge in [-0.3, -0.25) is 4.79 Å². The summed E-state index contributed by atoms with van der Waals surface area (Å²) in [5.74, 6) is -0.674. The molecule has 0 spiro atoms. The van der Waals surface area contributed by atoms with Gasteiger partial charge in [-0.15, -0.1) is 0 Å². The molecule has 21 heavy (non-hydrogen) atoms. The highest BCUT2D eigenvalue weighted by molar-refractivity contribution is 5.66. The molecular weight excluding hydrogens is 262 g/mol. The Bertz CT molecular complexity index is 231. The summed E-state index contributed by atoms with van der Waals surface area (Å²) in [7, 11) is 2.15. The van der Waals surface area contributed by atoms with Gasteiger partial charge >= 0.3 is 5.97 Å². The highest BCUT2D eigenvalue weighted by Gasteiger charge is 2.00. The van der Waals surface area contributed by atoms with E-state index in [2.05, 4.69) is 18.9 Å². The molecular formula is C18H37NO2. The lowest BCUT2D eigenvalue weighted by Gasteiger charge is -2.15. The fourth-order valence-corrected chi connectivity index (χ4v) is 2.64. The van der Waals surface area contributed by atoms with Gasteiger partial charge in [0.05, 0.1) is 0 Å². The standard InChI is InChI=1S/C18H37NO2/c1-3-4-5-6-7-8-9-10-11-13-16-19(2)17-14-12-15-18(20)21/h3-17H2,1-2H3,(H,20,21). The molecule has 0 aromatic rings. The lowest BCUT2D eigenvalue weighted by atomic mass is 10.1. The van der Waals surface area contributed by atoms with Crippen molar-refractivity contribution in [2.45, 2.75) is 90.4 Å². The second kappa shape index (κ2) is 15.8. The fraction of sp³-hybridized carbons (Fsp3) is 0.944. The number of carbonyl (C=O) groups is 1. The Morgan fingerprint density at radius 1 is 0.762 bits per heavy atom. The SMILES string of the molecule is CCCCCCCCCCCCN(C)CCCCC(=O)O. The van der Waals surface area contributed by atoms with Crippen LogP contribution in [-0.2, 0) is 4.79 Å². The van der Waals surface area contributed by atoms with Crippen LogP contribution in [0.25, 0.3) is 0 Å². The maximum atomic E-state index is 10.4. The normalized spacial score (nSPS) is 11.2. The largest absolute Gasteiger partial charge is 0.481 e. The van der Waals surface area contributed by atoms with Gasteiger partial charge in [-0.2, -0.15) is 0 Å². The van der Waals surface area contributed by atoms with Crippen molar-refractivity contribution in [1.82, 2.24) is 4.90 Å². The molecule has 0 aliphatic carbocycles. The van der Waals surface area contributed by atoms with Crippen LogP contribution in [0.5, 0.6) is 0 Å². The third kappa shape index (κ3) is 17.4. The highest BCUT2D eigenvalue weighted by Crippen LogP contribution is 2.10. The summed E-state index contributed by atoms with van der Waals surface area (Å²) in [5.41, 5.74) is 0. The van der Waals surface area contributed by atoms with Gasteiger partial charge in [0.15, 0.2) is 0 Å². The van der Waals surface area contributed by atoms with Crippen LogP contribution in [0.4, 0.5) is 0 Å². The molecule has 1 N–H and O–H groups in total. The summed E-state index contributed by atoms with van der Waals surface area (Å²) in [6.07, 6.45) is 15.9. The van der Waals surface area contributed by atoms with Crippen LogP contribution in [0.2, 0.25) is 0 Å². The van der Waals surface area contributed by atoms with E-state index in [1.807, 2.05) is 0 Å². The average Bonchev–Trinajstić information content (AvgIpc) is 2.45. The van der Waals surface area contributed by atoms with Gasteiger partial charge in [-0.1, -0.05) is 64.7 Å². The predicted molar refractivity (Wildman–Crippen MR) is 90.8 cm³/mol. The van der Waals surface area contributed by atoms with E-state index in [1.54, 1.807) is 0 Å². The van der Waals surface area contributed by atoms with Gasteiger partial charge in [0.1, 0.15) is 0 Å². The van der Waals surface area contributed by atoms with E-state index < -0.39 is 5.97 Å². The molecule has 126 valence electrons. The minimum atomic E-state index is -0.674. The second-order valence-corrected chi connectivity index (χ2v) is 6.34. The Morgan fingerprint density at radius 3 is 1.67 bits per heavy atom. The summed E-state index contributed by atoms with van der Waals surface area (Å²) in [6.45, 7) is 4.46. The molecule has 0 saturated heterocycles. The first-order valence-electron chi connectivity index (χ1n) is 9.07. The number of nitrogens with zero attached hydrogens (tertiary/aromatic N) is 1. The molecule has 0 radical (unpaired) electrons. The first kappa shape index (κ1) is 20.4. The van der Waals surface area contributed by atoms with Crippen LogP contribution in [0, 0.1) is 0 Å². The van der Waals surface area contributed by atoms with E-state index in [1.165, 1.54) is 64.2 Å². The Labute approximate surface area is 132 Å². The van der Waals surface area contributed by atoms with Crippen molar-refractivity contribution in [2.24, 2.45) is 0 Å². The lowest BCUT2D eigenvalue weighted by molar-refractivity contribution is -0.137. The fourth-order valence-electron chi connectivity index (χ4n) is 2.64. The number of rotatable bonds is 16. The third-order valence-electron chi connectivity index (χ3n) is 4.07. The van der Waals surface area contributed by atoms with Crippen molar-refractivity contribution in [3.8, 4) is 0 Å². The zero-order valence-corrected chi connectivity index (χ0v) is 14.4. The molecule has 0 aliphatic heterocycles. The van der Waals surface area contributed by atoms with E-state index in [0.717, 1.165) is 25.9 Å². The zero-order valence-electron chi connectivity index (χ0n) is 14.4. The lowest BCUT2D eigenvalue weighted by Crippen LogP contribution is -2.21. The Kier molecular flexibility index (Phi) is 15.4. The van der Waals surface area contributed by atoms with Crippen LogP contribution in [0.3, 0.4) is 0 Å². The summed E-state index contributed by atoms with van der Waals surface area (Å²) in [6, 6.07) is 0.